The number of quaternary nitrogens is 1. The lowest BCUT2D eigenvalue weighted by Crippen LogP contribution is -3.13. The summed E-state index contributed by atoms with van der Waals surface area (Å²) in [7, 11) is 0. The van der Waals surface area contributed by atoms with E-state index < -0.39 is 0 Å². The van der Waals surface area contributed by atoms with Crippen molar-refractivity contribution in [2.75, 3.05) is 31.9 Å². The standard InChI is InChI=1S/C18H23N5O2S/c24-16(13-26-18-20-19-17(25)23(18)15-6-7-15)22-10-8-21(9-11-22)12-14-4-2-1-3-5-14/h1-5,15H,6-13H2,(H,19,25)/p+1. The minimum Gasteiger partial charge on any atom is -0.331 e. The molecular formula is C18H24N5O2S+. The van der Waals surface area contributed by atoms with Crippen LogP contribution in [0.1, 0.15) is 24.4 Å². The molecule has 1 saturated heterocycles. The number of nitrogens with zero attached hydrogens (tertiary/aromatic N) is 3. The number of rotatable bonds is 6. The Labute approximate surface area is 156 Å². The van der Waals surface area contributed by atoms with Crippen LogP contribution < -0.4 is 10.6 Å². The Morgan fingerprint density at radius 1 is 1.23 bits per heavy atom. The second-order valence-electron chi connectivity index (χ2n) is 6.99. The highest BCUT2D eigenvalue weighted by Gasteiger charge is 2.29. The topological polar surface area (TPSA) is 75.4 Å². The van der Waals surface area contributed by atoms with E-state index in [-0.39, 0.29) is 17.6 Å². The van der Waals surface area contributed by atoms with E-state index in [2.05, 4.69) is 34.5 Å². The molecule has 0 spiro atoms. The highest BCUT2D eigenvalue weighted by molar-refractivity contribution is 7.99. The second-order valence-corrected chi connectivity index (χ2v) is 7.94. The third-order valence-corrected chi connectivity index (χ3v) is 5.97. The predicted molar refractivity (Wildman–Crippen MR) is 99.3 cm³/mol. The molecule has 2 aromatic rings. The summed E-state index contributed by atoms with van der Waals surface area (Å²) in [6, 6.07) is 10.8. The lowest BCUT2D eigenvalue weighted by Gasteiger charge is -2.32. The second kappa shape index (κ2) is 7.67. The van der Waals surface area contributed by atoms with E-state index in [0.29, 0.717) is 10.9 Å². The molecule has 2 fully saturated rings. The third-order valence-electron chi connectivity index (χ3n) is 5.03. The van der Waals surface area contributed by atoms with Crippen LogP contribution in [0.5, 0.6) is 0 Å². The number of hydrogen-bond donors (Lipinski definition) is 2. The molecule has 0 bridgehead atoms. The van der Waals surface area contributed by atoms with Crippen LogP contribution in [-0.4, -0.2) is 57.5 Å². The molecule has 2 heterocycles. The van der Waals surface area contributed by atoms with Gasteiger partial charge in [0.15, 0.2) is 5.16 Å². The molecule has 0 atom stereocenters. The van der Waals surface area contributed by atoms with Crippen molar-refractivity contribution in [3.8, 4) is 0 Å². The number of piperazine rings is 1. The van der Waals surface area contributed by atoms with Crippen molar-refractivity contribution >= 4 is 17.7 Å². The molecule has 1 aromatic carbocycles. The number of thioether (sulfide) groups is 1. The summed E-state index contributed by atoms with van der Waals surface area (Å²) in [4.78, 5) is 27.8. The first-order chi connectivity index (χ1) is 12.7. The van der Waals surface area contributed by atoms with Gasteiger partial charge in [-0.25, -0.2) is 9.89 Å². The van der Waals surface area contributed by atoms with Gasteiger partial charge < -0.3 is 9.80 Å². The monoisotopic (exact) mass is 374 g/mol. The van der Waals surface area contributed by atoms with Gasteiger partial charge in [-0.15, -0.1) is 5.10 Å². The minimum absolute atomic E-state index is 0.131. The van der Waals surface area contributed by atoms with Crippen LogP contribution in [0.2, 0.25) is 0 Å². The van der Waals surface area contributed by atoms with Gasteiger partial charge in [0.1, 0.15) is 6.54 Å². The summed E-state index contributed by atoms with van der Waals surface area (Å²) >= 11 is 1.36. The van der Waals surface area contributed by atoms with Gasteiger partial charge in [-0.05, 0) is 12.8 Å². The number of hydrogen-bond acceptors (Lipinski definition) is 4. The molecule has 1 amide bonds. The van der Waals surface area contributed by atoms with Crippen molar-refractivity contribution in [2.45, 2.75) is 30.6 Å². The highest BCUT2D eigenvalue weighted by Crippen LogP contribution is 2.35. The number of aromatic amines is 1. The van der Waals surface area contributed by atoms with Gasteiger partial charge in [-0.1, -0.05) is 42.1 Å². The van der Waals surface area contributed by atoms with E-state index in [4.69, 9.17) is 0 Å². The molecule has 0 unspecified atom stereocenters. The first kappa shape index (κ1) is 17.4. The van der Waals surface area contributed by atoms with Crippen LogP contribution in [0.4, 0.5) is 0 Å². The van der Waals surface area contributed by atoms with Crippen molar-refractivity contribution in [1.82, 2.24) is 19.7 Å². The number of carbonyl (C=O) groups is 1. The van der Waals surface area contributed by atoms with Gasteiger partial charge >= 0.3 is 5.69 Å². The molecule has 0 radical (unpaired) electrons. The number of carbonyl (C=O) groups excluding carboxylic acids is 1. The van der Waals surface area contributed by atoms with Crippen LogP contribution in [0.25, 0.3) is 0 Å². The van der Waals surface area contributed by atoms with E-state index in [1.54, 1.807) is 4.57 Å². The summed E-state index contributed by atoms with van der Waals surface area (Å²) in [6.07, 6.45) is 2.04. The molecule has 26 heavy (non-hydrogen) atoms. The van der Waals surface area contributed by atoms with Crippen molar-refractivity contribution in [3.05, 3.63) is 46.4 Å². The van der Waals surface area contributed by atoms with Crippen LogP contribution in [0.15, 0.2) is 40.3 Å². The number of amides is 1. The predicted octanol–water partition coefficient (Wildman–Crippen LogP) is -0.0743. The minimum atomic E-state index is -0.166. The van der Waals surface area contributed by atoms with Gasteiger partial charge in [0, 0.05) is 11.6 Å². The quantitative estimate of drug-likeness (QED) is 0.694. The van der Waals surface area contributed by atoms with E-state index >= 15 is 0 Å². The molecule has 7 nitrogen and oxygen atoms in total. The van der Waals surface area contributed by atoms with Crippen LogP contribution in [0.3, 0.4) is 0 Å². The molecule has 2 aliphatic rings. The molecule has 1 aromatic heterocycles. The van der Waals surface area contributed by atoms with E-state index in [1.165, 1.54) is 22.2 Å². The van der Waals surface area contributed by atoms with Gasteiger partial charge in [0.2, 0.25) is 5.91 Å². The maximum Gasteiger partial charge on any atom is 0.344 e. The number of aromatic nitrogens is 3. The molecule has 4 rings (SSSR count). The normalized spacial score (nSPS) is 18.2. The van der Waals surface area contributed by atoms with Gasteiger partial charge in [-0.2, -0.15) is 0 Å². The lowest BCUT2D eigenvalue weighted by atomic mass is 10.2. The zero-order valence-electron chi connectivity index (χ0n) is 14.7. The fourth-order valence-electron chi connectivity index (χ4n) is 3.40. The SMILES string of the molecule is O=C(CSc1n[nH]c(=O)n1C1CC1)N1CC[NH+](Cc2ccccc2)CC1. The summed E-state index contributed by atoms with van der Waals surface area (Å²) in [5.41, 5.74) is 1.18. The molecular weight excluding hydrogens is 350 g/mol. The average molecular weight is 374 g/mol. The summed E-state index contributed by atoms with van der Waals surface area (Å²) in [5.74, 6) is 0.469. The molecule has 1 aliphatic carbocycles. The fraction of sp³-hybridized carbons (Fsp3) is 0.500. The Morgan fingerprint density at radius 3 is 2.65 bits per heavy atom. The third kappa shape index (κ3) is 4.02. The van der Waals surface area contributed by atoms with Gasteiger partial charge in [-0.3, -0.25) is 9.36 Å². The van der Waals surface area contributed by atoms with Crippen molar-refractivity contribution in [2.24, 2.45) is 0 Å². The molecule has 2 N–H and O–H groups in total. The van der Waals surface area contributed by atoms with E-state index in [1.807, 2.05) is 11.0 Å². The van der Waals surface area contributed by atoms with E-state index in [9.17, 15) is 9.59 Å². The maximum atomic E-state index is 12.5. The molecule has 8 heteroatoms. The Hall–Kier alpha value is -2.06. The summed E-state index contributed by atoms with van der Waals surface area (Å²) < 4.78 is 1.69. The van der Waals surface area contributed by atoms with Gasteiger partial charge in [0.25, 0.3) is 0 Å². The van der Waals surface area contributed by atoms with Crippen LogP contribution in [0, 0.1) is 0 Å². The summed E-state index contributed by atoms with van der Waals surface area (Å²) in [5, 5.41) is 7.20. The van der Waals surface area contributed by atoms with E-state index in [0.717, 1.165) is 45.6 Å². The molecule has 138 valence electrons. The lowest BCUT2D eigenvalue weighted by molar-refractivity contribution is -0.917. The maximum absolute atomic E-state index is 12.5. The van der Waals surface area contributed by atoms with Gasteiger partial charge in [0.05, 0.1) is 31.9 Å². The van der Waals surface area contributed by atoms with Crippen LogP contribution >= 0.6 is 11.8 Å². The number of benzene rings is 1. The number of H-pyrrole nitrogens is 1. The Kier molecular flexibility index (Phi) is 5.12. The summed E-state index contributed by atoms with van der Waals surface area (Å²) in [6.45, 7) is 4.54. The average Bonchev–Trinajstić information content (AvgIpc) is 3.43. The largest absolute Gasteiger partial charge is 0.344 e. The Morgan fingerprint density at radius 2 is 1.96 bits per heavy atom. The highest BCUT2D eigenvalue weighted by atomic mass is 32.2. The molecule has 1 saturated carbocycles. The van der Waals surface area contributed by atoms with Crippen molar-refractivity contribution < 1.29 is 9.69 Å². The van der Waals surface area contributed by atoms with Crippen molar-refractivity contribution in [3.63, 3.8) is 0 Å². The molecule has 1 aliphatic heterocycles. The zero-order valence-corrected chi connectivity index (χ0v) is 15.5. The number of nitrogens with one attached hydrogen (secondary N) is 2. The smallest absolute Gasteiger partial charge is 0.331 e. The van der Waals surface area contributed by atoms with Crippen molar-refractivity contribution in [1.29, 1.82) is 0 Å². The van der Waals surface area contributed by atoms with Crippen LogP contribution in [-0.2, 0) is 11.3 Å². The first-order valence-corrected chi connectivity index (χ1v) is 10.1. The fourth-order valence-corrected chi connectivity index (χ4v) is 4.31. The first-order valence-electron chi connectivity index (χ1n) is 9.15. The zero-order chi connectivity index (χ0) is 17.9. The Bertz CT molecular complexity index is 806. The Balaban J connectivity index is 1.26.